The normalized spacial score (nSPS) is 13.6. The Morgan fingerprint density at radius 1 is 0.850 bits per heavy atom. The molecule has 6 N–H and O–H groups in total. The van der Waals surface area contributed by atoms with Crippen molar-refractivity contribution in [1.82, 2.24) is 20.1 Å². The molecule has 40 heavy (non-hydrogen) atoms. The van der Waals surface area contributed by atoms with E-state index in [-0.39, 0.29) is 11.3 Å². The number of para-hydroxylation sites is 1. The number of carboxylic acids is 4. The Morgan fingerprint density at radius 3 is 1.85 bits per heavy atom. The van der Waals surface area contributed by atoms with E-state index in [9.17, 15) is 28.8 Å². The van der Waals surface area contributed by atoms with Crippen LogP contribution in [0.2, 0.25) is 0 Å². The first-order chi connectivity index (χ1) is 18.9. The quantitative estimate of drug-likeness (QED) is 0.180. The summed E-state index contributed by atoms with van der Waals surface area (Å²) in [6.45, 7) is 5.97. The van der Waals surface area contributed by atoms with Gasteiger partial charge in [-0.2, -0.15) is 0 Å². The number of benzene rings is 1. The van der Waals surface area contributed by atoms with Crippen molar-refractivity contribution in [3.8, 4) is 0 Å². The van der Waals surface area contributed by atoms with Crippen molar-refractivity contribution in [2.75, 3.05) is 46.3 Å². The van der Waals surface area contributed by atoms with Gasteiger partial charge in [-0.1, -0.05) is 12.1 Å². The minimum absolute atomic E-state index is 0.132. The molecule has 2 heterocycles. The summed E-state index contributed by atoms with van der Waals surface area (Å²) < 4.78 is 0. The van der Waals surface area contributed by atoms with Gasteiger partial charge in [0, 0.05) is 74.0 Å². The highest BCUT2D eigenvalue weighted by Gasteiger charge is 2.13. The number of rotatable bonds is 9. The molecule has 14 nitrogen and oxygen atoms in total. The summed E-state index contributed by atoms with van der Waals surface area (Å²) in [6, 6.07) is 8.59. The molecule has 1 saturated heterocycles. The Bertz CT molecular complexity index is 1230. The van der Waals surface area contributed by atoms with Gasteiger partial charge in [0.15, 0.2) is 5.43 Å². The summed E-state index contributed by atoms with van der Waals surface area (Å²) in [4.78, 5) is 70.3. The molecule has 0 aliphatic carbocycles. The molecule has 0 unspecified atom stereocenters. The predicted molar refractivity (Wildman–Crippen MR) is 144 cm³/mol. The van der Waals surface area contributed by atoms with Crippen LogP contribution in [0.25, 0.3) is 10.9 Å². The lowest BCUT2D eigenvalue weighted by atomic mass is 10.2. The second-order valence-electron chi connectivity index (χ2n) is 8.37. The maximum atomic E-state index is 12.2. The maximum Gasteiger partial charge on any atom is 0.328 e. The number of amides is 1. The number of aromatic nitrogens is 1. The average molecular weight is 561 g/mol. The summed E-state index contributed by atoms with van der Waals surface area (Å²) >= 11 is 0. The fourth-order valence-corrected chi connectivity index (χ4v) is 3.28. The molecule has 3 rings (SSSR count). The smallest absolute Gasteiger partial charge is 0.328 e. The number of carboxylic acid groups (broad SMARTS) is 4. The summed E-state index contributed by atoms with van der Waals surface area (Å²) in [5.41, 5.74) is 0.873. The number of hydrogen-bond acceptors (Lipinski definition) is 8. The van der Waals surface area contributed by atoms with Gasteiger partial charge >= 0.3 is 23.9 Å². The van der Waals surface area contributed by atoms with Crippen LogP contribution in [-0.2, 0) is 19.2 Å². The molecular weight excluding hydrogens is 528 g/mol. The number of nitrogens with zero attached hydrogens (tertiary/aromatic N) is 2. The standard InChI is InChI=1S/C18H24N4O2.2C4H4O4/c1-21-9-11-22(12-10-21)8-4-7-19-18(24)16-13-17(23)14-5-2-3-6-15(14)20-16;2*5-3(6)1-2-4(7)8/h2-3,5-6,13H,4,7-12H2,1H3,(H,19,24)(H,20,23);2*1-2H,(H,5,6)(H,7,8)/b;2*2-1-. The number of carbonyl (C=O) groups excluding carboxylic acids is 1. The van der Waals surface area contributed by atoms with E-state index in [4.69, 9.17) is 20.4 Å². The summed E-state index contributed by atoms with van der Waals surface area (Å²) in [5.74, 6) is -5.25. The molecule has 0 spiro atoms. The van der Waals surface area contributed by atoms with Crippen LogP contribution in [0.15, 0.2) is 59.4 Å². The van der Waals surface area contributed by atoms with Gasteiger partial charge in [-0.05, 0) is 32.1 Å². The maximum absolute atomic E-state index is 12.2. The molecule has 1 amide bonds. The minimum atomic E-state index is -1.26. The van der Waals surface area contributed by atoms with E-state index in [2.05, 4.69) is 27.1 Å². The number of likely N-dealkylation sites (N-methyl/N-ethyl adjacent to an activating group) is 1. The third-order valence-corrected chi connectivity index (χ3v) is 5.25. The van der Waals surface area contributed by atoms with Crippen LogP contribution < -0.4 is 10.7 Å². The summed E-state index contributed by atoms with van der Waals surface area (Å²) in [6.07, 6.45) is 3.14. The van der Waals surface area contributed by atoms with Gasteiger partial charge < -0.3 is 40.5 Å². The lowest BCUT2D eigenvalue weighted by Gasteiger charge is -2.32. The topological polar surface area (TPSA) is 218 Å². The van der Waals surface area contributed by atoms with Crippen LogP contribution in [-0.4, -0.2) is 111 Å². The average Bonchev–Trinajstić information content (AvgIpc) is 2.90. The number of hydrogen-bond donors (Lipinski definition) is 6. The molecule has 1 fully saturated rings. The number of aliphatic carboxylic acids is 4. The fourth-order valence-electron chi connectivity index (χ4n) is 3.28. The Hall–Kier alpha value is -4.82. The molecule has 216 valence electrons. The van der Waals surface area contributed by atoms with Crippen molar-refractivity contribution in [1.29, 1.82) is 0 Å². The number of aromatic amines is 1. The zero-order chi connectivity index (χ0) is 30.1. The monoisotopic (exact) mass is 560 g/mol. The molecule has 0 saturated carbocycles. The Balaban J connectivity index is 0.000000412. The third kappa shape index (κ3) is 14.2. The van der Waals surface area contributed by atoms with Crippen LogP contribution in [0.3, 0.4) is 0 Å². The van der Waals surface area contributed by atoms with E-state index in [1.165, 1.54) is 6.07 Å². The Kier molecular flexibility index (Phi) is 14.6. The number of nitrogens with one attached hydrogen (secondary N) is 2. The highest BCUT2D eigenvalue weighted by molar-refractivity contribution is 5.94. The number of fused-ring (bicyclic) bond motifs is 1. The van der Waals surface area contributed by atoms with Gasteiger partial charge in [-0.15, -0.1) is 0 Å². The summed E-state index contributed by atoms with van der Waals surface area (Å²) in [5, 5.41) is 34.7. The van der Waals surface area contributed by atoms with Crippen molar-refractivity contribution >= 4 is 40.7 Å². The molecule has 1 aliphatic heterocycles. The van der Waals surface area contributed by atoms with Crippen molar-refractivity contribution in [2.45, 2.75) is 6.42 Å². The molecule has 0 bridgehead atoms. The predicted octanol–water partition coefficient (Wildman–Crippen LogP) is 0.319. The van der Waals surface area contributed by atoms with E-state index >= 15 is 0 Å². The van der Waals surface area contributed by atoms with Crippen molar-refractivity contribution in [2.24, 2.45) is 0 Å². The first-order valence-electron chi connectivity index (χ1n) is 12.0. The molecular formula is C26H32N4O10. The molecule has 0 radical (unpaired) electrons. The van der Waals surface area contributed by atoms with Crippen molar-refractivity contribution in [3.05, 3.63) is 70.6 Å². The van der Waals surface area contributed by atoms with Gasteiger partial charge in [0.2, 0.25) is 0 Å². The zero-order valence-electron chi connectivity index (χ0n) is 21.8. The number of carbonyl (C=O) groups is 5. The number of pyridine rings is 1. The molecule has 2 aromatic rings. The largest absolute Gasteiger partial charge is 0.478 e. The fraction of sp³-hybridized carbons (Fsp3) is 0.308. The van der Waals surface area contributed by atoms with Crippen molar-refractivity contribution < 1.29 is 44.4 Å². The van der Waals surface area contributed by atoms with Crippen LogP contribution in [0.4, 0.5) is 0 Å². The highest BCUT2D eigenvalue weighted by Crippen LogP contribution is 2.07. The SMILES string of the molecule is CN1CCN(CCCNC(=O)c2cc(=O)c3ccccc3[nH]2)CC1.O=C(O)/C=C\C(=O)O.O=C(O)/C=C\C(=O)O. The first kappa shape index (κ1) is 33.2. The zero-order valence-corrected chi connectivity index (χ0v) is 21.8. The van der Waals surface area contributed by atoms with Crippen LogP contribution in [0.5, 0.6) is 0 Å². The Morgan fingerprint density at radius 2 is 1.35 bits per heavy atom. The van der Waals surface area contributed by atoms with Crippen LogP contribution in [0, 0.1) is 0 Å². The summed E-state index contributed by atoms with van der Waals surface area (Å²) in [7, 11) is 2.14. The van der Waals surface area contributed by atoms with Gasteiger partial charge in [0.05, 0.1) is 0 Å². The second kappa shape index (κ2) is 17.6. The number of piperazine rings is 1. The van der Waals surface area contributed by atoms with E-state index in [1.807, 2.05) is 12.1 Å². The van der Waals surface area contributed by atoms with E-state index in [0.29, 0.717) is 47.4 Å². The van der Waals surface area contributed by atoms with Gasteiger partial charge in [-0.3, -0.25) is 9.59 Å². The first-order valence-corrected chi connectivity index (χ1v) is 12.0. The number of H-pyrrole nitrogens is 1. The van der Waals surface area contributed by atoms with E-state index < -0.39 is 23.9 Å². The van der Waals surface area contributed by atoms with Gasteiger partial charge in [-0.25, -0.2) is 19.2 Å². The Labute approximate surface area is 228 Å². The van der Waals surface area contributed by atoms with Crippen LogP contribution in [0.1, 0.15) is 16.9 Å². The van der Waals surface area contributed by atoms with Crippen LogP contribution >= 0.6 is 0 Å². The molecule has 0 atom stereocenters. The lowest BCUT2D eigenvalue weighted by molar-refractivity contribution is -0.134. The van der Waals surface area contributed by atoms with E-state index in [0.717, 1.165) is 39.1 Å². The van der Waals surface area contributed by atoms with Gasteiger partial charge in [0.25, 0.3) is 5.91 Å². The lowest BCUT2D eigenvalue weighted by Crippen LogP contribution is -2.45. The van der Waals surface area contributed by atoms with Crippen molar-refractivity contribution in [3.63, 3.8) is 0 Å². The minimum Gasteiger partial charge on any atom is -0.478 e. The van der Waals surface area contributed by atoms with E-state index in [1.54, 1.807) is 12.1 Å². The highest BCUT2D eigenvalue weighted by atomic mass is 16.4. The second-order valence-corrected chi connectivity index (χ2v) is 8.37. The third-order valence-electron chi connectivity index (χ3n) is 5.25. The molecule has 14 heteroatoms. The molecule has 1 aliphatic rings. The van der Waals surface area contributed by atoms with Gasteiger partial charge in [0.1, 0.15) is 5.69 Å². The molecule has 1 aromatic carbocycles. The molecule has 1 aromatic heterocycles.